The van der Waals surface area contributed by atoms with Crippen molar-refractivity contribution in [3.8, 4) is 11.8 Å². The molecular weight excluding hydrogens is 473 g/mol. The van der Waals surface area contributed by atoms with Gasteiger partial charge in [0.1, 0.15) is 11.6 Å². The van der Waals surface area contributed by atoms with Crippen molar-refractivity contribution in [2.24, 2.45) is 17.8 Å². The fourth-order valence-corrected chi connectivity index (χ4v) is 7.43. The zero-order valence-electron chi connectivity index (χ0n) is 17.6. The van der Waals surface area contributed by atoms with E-state index in [0.29, 0.717) is 24.7 Å². The van der Waals surface area contributed by atoms with Crippen molar-refractivity contribution in [2.75, 3.05) is 12.9 Å². The van der Waals surface area contributed by atoms with E-state index in [0.717, 1.165) is 18.9 Å². The molecule has 1 aliphatic heterocycles. The predicted octanol–water partition coefficient (Wildman–Crippen LogP) is 3.59. The van der Waals surface area contributed by atoms with Crippen LogP contribution < -0.4 is 15.4 Å². The fraction of sp³-hybridized carbons (Fsp3) is 0.591. The van der Waals surface area contributed by atoms with Crippen LogP contribution in [-0.4, -0.2) is 46.6 Å². The molecule has 172 valence electrons. The van der Waals surface area contributed by atoms with Crippen molar-refractivity contribution in [1.82, 2.24) is 10.6 Å². The van der Waals surface area contributed by atoms with Crippen molar-refractivity contribution in [3.63, 3.8) is 0 Å². The number of fused-ring (bicyclic) bond motifs is 2. The Kier molecular flexibility index (Phi) is 7.43. The van der Waals surface area contributed by atoms with Gasteiger partial charge in [-0.25, -0.2) is 4.39 Å². The number of ether oxygens (including phenoxy) is 1. The lowest BCUT2D eigenvalue weighted by Crippen LogP contribution is -2.60. The Morgan fingerprint density at radius 2 is 1.97 bits per heavy atom. The number of rotatable bonds is 7. The van der Waals surface area contributed by atoms with Gasteiger partial charge in [-0.2, -0.15) is 5.26 Å². The lowest BCUT2D eigenvalue weighted by Gasteiger charge is -2.51. The maximum Gasteiger partial charge on any atom is 0.258 e. The predicted molar refractivity (Wildman–Crippen MR) is 124 cm³/mol. The number of carbonyl (C=O) groups excluding carboxylic acids is 2. The van der Waals surface area contributed by atoms with Gasteiger partial charge in [-0.15, -0.1) is 23.5 Å². The SMILES string of the molecule is CSC1SC(C(=O)N[C@@H]2C[C@H](NC(=O)COc3ccc(Cl)c(F)c3)C3CC2C3)CC1C#N. The van der Waals surface area contributed by atoms with Crippen LogP contribution in [-0.2, 0) is 9.59 Å². The Labute approximate surface area is 200 Å². The van der Waals surface area contributed by atoms with Gasteiger partial charge >= 0.3 is 0 Å². The van der Waals surface area contributed by atoms with Crippen LogP contribution in [0.15, 0.2) is 18.2 Å². The Morgan fingerprint density at radius 1 is 1.25 bits per heavy atom. The molecule has 4 fully saturated rings. The Balaban J connectivity index is 1.26. The van der Waals surface area contributed by atoms with Crippen LogP contribution in [0.5, 0.6) is 5.75 Å². The highest BCUT2D eigenvalue weighted by atomic mass is 35.5. The largest absolute Gasteiger partial charge is 0.484 e. The summed E-state index contributed by atoms with van der Waals surface area (Å²) >= 11 is 8.86. The van der Waals surface area contributed by atoms with Crippen LogP contribution in [0, 0.1) is 34.9 Å². The molecule has 1 saturated heterocycles. The van der Waals surface area contributed by atoms with Gasteiger partial charge in [-0.05, 0) is 55.9 Å². The molecule has 0 aromatic heterocycles. The Hall–Kier alpha value is -1.63. The summed E-state index contributed by atoms with van der Waals surface area (Å²) in [6, 6.07) is 6.37. The number of amides is 2. The molecule has 32 heavy (non-hydrogen) atoms. The summed E-state index contributed by atoms with van der Waals surface area (Å²) in [5.74, 6) is 0.127. The number of halogens is 2. The molecule has 3 saturated carbocycles. The second-order valence-corrected chi connectivity index (χ2v) is 11.6. The summed E-state index contributed by atoms with van der Waals surface area (Å²) < 4.78 is 19.0. The van der Waals surface area contributed by atoms with Crippen LogP contribution >= 0.6 is 35.1 Å². The molecule has 0 radical (unpaired) electrons. The van der Waals surface area contributed by atoms with Crippen LogP contribution in [0.3, 0.4) is 0 Å². The lowest BCUT2D eigenvalue weighted by atomic mass is 9.60. The number of hydrogen-bond acceptors (Lipinski definition) is 6. The van der Waals surface area contributed by atoms with Crippen molar-refractivity contribution >= 4 is 46.9 Å². The Morgan fingerprint density at radius 3 is 2.59 bits per heavy atom. The third-order valence-electron chi connectivity index (χ3n) is 6.58. The van der Waals surface area contributed by atoms with Gasteiger partial charge in [0.15, 0.2) is 6.61 Å². The van der Waals surface area contributed by atoms with Gasteiger partial charge in [0.2, 0.25) is 5.91 Å². The summed E-state index contributed by atoms with van der Waals surface area (Å²) in [5.41, 5.74) is 0. The lowest BCUT2D eigenvalue weighted by molar-refractivity contribution is -0.126. The van der Waals surface area contributed by atoms with Gasteiger partial charge in [0.05, 0.1) is 26.8 Å². The van der Waals surface area contributed by atoms with E-state index in [1.54, 1.807) is 23.5 Å². The second-order valence-electron chi connectivity index (χ2n) is 8.58. The normalized spacial score (nSPS) is 33.0. The van der Waals surface area contributed by atoms with Gasteiger partial charge in [0.25, 0.3) is 5.91 Å². The molecule has 1 heterocycles. The highest BCUT2D eigenvalue weighted by molar-refractivity contribution is 8.17. The first kappa shape index (κ1) is 23.5. The highest BCUT2D eigenvalue weighted by Gasteiger charge is 2.48. The molecule has 5 rings (SSSR count). The highest BCUT2D eigenvalue weighted by Crippen LogP contribution is 2.47. The third kappa shape index (κ3) is 5.13. The first-order valence-corrected chi connectivity index (χ1v) is 13.2. The molecule has 4 aliphatic rings. The smallest absolute Gasteiger partial charge is 0.258 e. The van der Waals surface area contributed by atoms with E-state index in [1.807, 2.05) is 6.26 Å². The number of nitriles is 1. The van der Waals surface area contributed by atoms with Gasteiger partial charge in [-0.1, -0.05) is 11.6 Å². The topological polar surface area (TPSA) is 91.2 Å². The van der Waals surface area contributed by atoms with E-state index in [4.69, 9.17) is 16.3 Å². The van der Waals surface area contributed by atoms with Crippen molar-refractivity contribution in [1.29, 1.82) is 5.26 Å². The molecule has 5 atom stereocenters. The summed E-state index contributed by atoms with van der Waals surface area (Å²) in [6.45, 7) is -0.213. The molecule has 1 aromatic carbocycles. The van der Waals surface area contributed by atoms with Crippen molar-refractivity contribution < 1.29 is 18.7 Å². The second kappa shape index (κ2) is 10.1. The van der Waals surface area contributed by atoms with E-state index in [-0.39, 0.29) is 57.0 Å². The number of nitrogens with one attached hydrogen (secondary N) is 2. The molecule has 2 N–H and O–H groups in total. The minimum atomic E-state index is -0.596. The van der Waals surface area contributed by atoms with E-state index < -0.39 is 5.82 Å². The monoisotopic (exact) mass is 497 g/mol. The van der Waals surface area contributed by atoms with Crippen LogP contribution in [0.25, 0.3) is 0 Å². The number of hydrogen-bond donors (Lipinski definition) is 2. The number of carbonyl (C=O) groups is 2. The Bertz CT molecular complexity index is 924. The van der Waals surface area contributed by atoms with E-state index in [1.165, 1.54) is 12.1 Å². The number of nitrogens with zero attached hydrogens (tertiary/aromatic N) is 1. The maximum atomic E-state index is 13.5. The molecule has 2 bridgehead atoms. The summed E-state index contributed by atoms with van der Waals surface area (Å²) in [7, 11) is 0. The van der Waals surface area contributed by atoms with Crippen LogP contribution in [0.4, 0.5) is 4.39 Å². The molecule has 6 nitrogen and oxygen atoms in total. The molecule has 2 amide bonds. The molecule has 3 unspecified atom stereocenters. The fourth-order valence-electron chi connectivity index (χ4n) is 4.77. The average Bonchev–Trinajstić information content (AvgIpc) is 3.17. The standard InChI is InChI=1S/C22H25ClFN3O3S2/c1-31-22-13(9-25)6-19(32-22)21(29)27-18-8-17(11-4-12(18)5-11)26-20(28)10-30-14-2-3-15(23)16(24)7-14/h2-3,7,11-13,17-19,22H,4-6,8,10H2,1H3,(H,26,28)(H,27,29)/t11?,12?,13?,17-,18+,19?,22?/m0/s1. The van der Waals surface area contributed by atoms with Crippen molar-refractivity contribution in [3.05, 3.63) is 29.0 Å². The van der Waals surface area contributed by atoms with Crippen LogP contribution in [0.1, 0.15) is 25.7 Å². The van der Waals surface area contributed by atoms with Gasteiger partial charge < -0.3 is 15.4 Å². The van der Waals surface area contributed by atoms with E-state index in [2.05, 4.69) is 16.7 Å². The molecule has 0 spiro atoms. The molecular formula is C22H25ClFN3O3S2. The zero-order valence-corrected chi connectivity index (χ0v) is 19.9. The zero-order chi connectivity index (χ0) is 22.8. The minimum absolute atomic E-state index is 0.000230. The third-order valence-corrected chi connectivity index (χ3v) is 9.92. The first-order chi connectivity index (χ1) is 15.4. The summed E-state index contributed by atoms with van der Waals surface area (Å²) in [5, 5.41) is 15.3. The average molecular weight is 498 g/mol. The van der Waals surface area contributed by atoms with E-state index in [9.17, 15) is 19.2 Å². The number of thioether (sulfide) groups is 2. The van der Waals surface area contributed by atoms with Crippen LogP contribution in [0.2, 0.25) is 5.02 Å². The van der Waals surface area contributed by atoms with Gasteiger partial charge in [0, 0.05) is 18.2 Å². The quantitative estimate of drug-likeness (QED) is 0.598. The van der Waals surface area contributed by atoms with Crippen molar-refractivity contribution in [2.45, 2.75) is 47.6 Å². The van der Waals surface area contributed by atoms with E-state index >= 15 is 0 Å². The number of benzene rings is 1. The molecule has 1 aromatic rings. The first-order valence-electron chi connectivity index (χ1n) is 10.6. The maximum absolute atomic E-state index is 13.5. The molecule has 10 heteroatoms. The summed E-state index contributed by atoms with van der Waals surface area (Å²) in [4.78, 5) is 25.2. The molecule has 3 aliphatic carbocycles. The van der Waals surface area contributed by atoms with Gasteiger partial charge in [-0.3, -0.25) is 9.59 Å². The summed E-state index contributed by atoms with van der Waals surface area (Å²) in [6.07, 6.45) is 5.20. The minimum Gasteiger partial charge on any atom is -0.484 e.